The highest BCUT2D eigenvalue weighted by Crippen LogP contribution is 2.14. The lowest BCUT2D eigenvalue weighted by Gasteiger charge is -2.01. The molecule has 0 aliphatic rings. The van der Waals surface area contributed by atoms with E-state index >= 15 is 0 Å². The Hall–Kier alpha value is -0.720. The number of nitrogens with two attached hydrogens (primary N) is 1. The minimum atomic E-state index is 0.535. The molecule has 0 saturated carbocycles. The predicted octanol–water partition coefficient (Wildman–Crippen LogP) is 2.31. The highest BCUT2D eigenvalue weighted by atomic mass is 32.1. The molecule has 1 aromatic rings. The van der Waals surface area contributed by atoms with E-state index in [2.05, 4.69) is 22.5 Å². The van der Waals surface area contributed by atoms with Crippen LogP contribution in [0, 0.1) is 0 Å². The second kappa shape index (κ2) is 8.43. The number of nitrogens with zero attached hydrogens (tertiary/aromatic N) is 2. The van der Waals surface area contributed by atoms with Crippen LogP contribution in [-0.4, -0.2) is 16.8 Å². The molecule has 0 radical (unpaired) electrons. The number of hydrogen-bond donors (Lipinski definition) is 2. The number of nitrogen functional groups attached to an aromatic ring is 1. The van der Waals surface area contributed by atoms with Crippen LogP contribution in [0.2, 0.25) is 0 Å². The number of hydrazine groups is 1. The summed E-state index contributed by atoms with van der Waals surface area (Å²) in [5, 5.41) is 9.25. The quantitative estimate of drug-likeness (QED) is 0.396. The third kappa shape index (κ3) is 5.39. The third-order valence-electron chi connectivity index (χ3n) is 2.21. The van der Waals surface area contributed by atoms with Gasteiger partial charge < -0.3 is 4.74 Å². The van der Waals surface area contributed by atoms with Crippen LogP contribution in [0.15, 0.2) is 0 Å². The van der Waals surface area contributed by atoms with Gasteiger partial charge in [0.25, 0.3) is 0 Å². The smallest absolute Gasteiger partial charge is 0.219 e. The zero-order valence-electron chi connectivity index (χ0n) is 9.74. The summed E-state index contributed by atoms with van der Waals surface area (Å²) in [6, 6.07) is 0. The fraction of sp³-hybridized carbons (Fsp3) is 0.800. The van der Waals surface area contributed by atoms with Crippen molar-refractivity contribution in [3.05, 3.63) is 5.01 Å². The van der Waals surface area contributed by atoms with Gasteiger partial charge in [0.1, 0.15) is 11.6 Å². The maximum Gasteiger partial charge on any atom is 0.219 e. The largest absolute Gasteiger partial charge is 0.374 e. The Morgan fingerprint density at radius 3 is 2.75 bits per heavy atom. The fourth-order valence-electron chi connectivity index (χ4n) is 1.34. The minimum Gasteiger partial charge on any atom is -0.374 e. The van der Waals surface area contributed by atoms with Crippen LogP contribution in [0.25, 0.3) is 0 Å². The zero-order valence-corrected chi connectivity index (χ0v) is 10.6. The van der Waals surface area contributed by atoms with Crippen molar-refractivity contribution >= 4 is 16.5 Å². The molecule has 0 fully saturated rings. The van der Waals surface area contributed by atoms with Gasteiger partial charge in [-0.25, -0.2) is 5.84 Å². The lowest BCUT2D eigenvalue weighted by atomic mass is 10.2. The van der Waals surface area contributed by atoms with Gasteiger partial charge in [-0.2, -0.15) is 0 Å². The van der Waals surface area contributed by atoms with E-state index in [1.807, 2.05) is 0 Å². The highest BCUT2D eigenvalue weighted by molar-refractivity contribution is 7.15. The monoisotopic (exact) mass is 244 g/mol. The van der Waals surface area contributed by atoms with Crippen molar-refractivity contribution in [3.63, 3.8) is 0 Å². The van der Waals surface area contributed by atoms with Crippen molar-refractivity contribution in [2.45, 2.75) is 45.6 Å². The molecule has 0 aliphatic heterocycles. The molecule has 0 aliphatic carbocycles. The summed E-state index contributed by atoms with van der Waals surface area (Å²) in [7, 11) is 0. The predicted molar refractivity (Wildman–Crippen MR) is 66.1 cm³/mol. The summed E-state index contributed by atoms with van der Waals surface area (Å²) in [6.45, 7) is 3.55. The molecule has 5 nitrogen and oxygen atoms in total. The summed E-state index contributed by atoms with van der Waals surface area (Å²) >= 11 is 1.42. The first-order valence-electron chi connectivity index (χ1n) is 5.73. The molecule has 16 heavy (non-hydrogen) atoms. The van der Waals surface area contributed by atoms with Crippen molar-refractivity contribution in [3.8, 4) is 0 Å². The van der Waals surface area contributed by atoms with Gasteiger partial charge in [-0.15, -0.1) is 10.2 Å². The Morgan fingerprint density at radius 2 is 2.06 bits per heavy atom. The highest BCUT2D eigenvalue weighted by Gasteiger charge is 2.01. The average Bonchev–Trinajstić information content (AvgIpc) is 2.76. The van der Waals surface area contributed by atoms with Crippen molar-refractivity contribution < 1.29 is 4.74 Å². The molecule has 0 atom stereocenters. The third-order valence-corrected chi connectivity index (χ3v) is 3.04. The Bertz CT molecular complexity index is 280. The summed E-state index contributed by atoms with van der Waals surface area (Å²) in [4.78, 5) is 0. The van der Waals surface area contributed by atoms with Gasteiger partial charge in [0.2, 0.25) is 5.13 Å². The number of aromatic nitrogens is 2. The maximum absolute atomic E-state index is 5.50. The van der Waals surface area contributed by atoms with E-state index in [0.29, 0.717) is 11.7 Å². The van der Waals surface area contributed by atoms with Gasteiger partial charge in [-0.05, 0) is 6.42 Å². The number of nitrogens with one attached hydrogen (secondary N) is 1. The Balaban J connectivity index is 1.98. The normalized spacial score (nSPS) is 10.6. The molecule has 0 amide bonds. The molecule has 1 rings (SSSR count). The molecule has 92 valence electrons. The molecule has 3 N–H and O–H groups in total. The minimum absolute atomic E-state index is 0.535. The average molecular weight is 244 g/mol. The molecular weight excluding hydrogens is 224 g/mol. The molecule has 0 saturated heterocycles. The van der Waals surface area contributed by atoms with Crippen LogP contribution >= 0.6 is 11.3 Å². The molecule has 1 aromatic heterocycles. The topological polar surface area (TPSA) is 73.1 Å². The standard InChI is InChI=1S/C10H20N4OS/c1-2-3-4-5-6-7-15-8-9-13-14-10(12-11)16-9/h2-8,11H2,1H3,(H,12,14). The zero-order chi connectivity index (χ0) is 11.6. The molecule has 1 heterocycles. The number of hydrogen-bond acceptors (Lipinski definition) is 6. The van der Waals surface area contributed by atoms with Crippen LogP contribution in [-0.2, 0) is 11.3 Å². The first-order valence-corrected chi connectivity index (χ1v) is 6.55. The summed E-state index contributed by atoms with van der Waals surface area (Å²) in [5.41, 5.74) is 2.46. The first-order chi connectivity index (χ1) is 7.86. The van der Waals surface area contributed by atoms with Crippen molar-refractivity contribution in [2.75, 3.05) is 12.0 Å². The van der Waals surface area contributed by atoms with E-state index < -0.39 is 0 Å². The van der Waals surface area contributed by atoms with E-state index in [1.54, 1.807) is 0 Å². The van der Waals surface area contributed by atoms with Crippen LogP contribution in [0.4, 0.5) is 5.13 Å². The molecule has 0 aromatic carbocycles. The second-order valence-corrected chi connectivity index (χ2v) is 4.67. The van der Waals surface area contributed by atoms with E-state index in [-0.39, 0.29) is 0 Å². The van der Waals surface area contributed by atoms with E-state index in [1.165, 1.54) is 37.0 Å². The summed E-state index contributed by atoms with van der Waals surface area (Å²) < 4.78 is 5.50. The molecule has 0 spiro atoms. The lowest BCUT2D eigenvalue weighted by molar-refractivity contribution is 0.116. The van der Waals surface area contributed by atoms with Gasteiger partial charge in [0.05, 0.1) is 0 Å². The van der Waals surface area contributed by atoms with Gasteiger partial charge >= 0.3 is 0 Å². The summed E-state index contributed by atoms with van der Waals surface area (Å²) in [6.07, 6.45) is 6.28. The summed E-state index contributed by atoms with van der Waals surface area (Å²) in [5.74, 6) is 5.20. The van der Waals surface area contributed by atoms with Crippen LogP contribution in [0.3, 0.4) is 0 Å². The molecular formula is C10H20N4OS. The Labute approximate surface area is 100 Å². The molecule has 6 heteroatoms. The maximum atomic E-state index is 5.50. The second-order valence-electron chi connectivity index (χ2n) is 3.61. The molecule has 0 unspecified atom stereocenters. The van der Waals surface area contributed by atoms with Crippen molar-refractivity contribution in [1.82, 2.24) is 10.2 Å². The van der Waals surface area contributed by atoms with E-state index in [4.69, 9.17) is 10.6 Å². The molecule has 0 bridgehead atoms. The van der Waals surface area contributed by atoms with Gasteiger partial charge in [0.15, 0.2) is 0 Å². The number of ether oxygens (including phenoxy) is 1. The van der Waals surface area contributed by atoms with Crippen molar-refractivity contribution in [1.29, 1.82) is 0 Å². The van der Waals surface area contributed by atoms with Gasteiger partial charge in [-0.1, -0.05) is 43.9 Å². The Morgan fingerprint density at radius 1 is 1.25 bits per heavy atom. The van der Waals surface area contributed by atoms with Gasteiger partial charge in [-0.3, -0.25) is 5.43 Å². The Kier molecular flexibility index (Phi) is 7.03. The first kappa shape index (κ1) is 13.3. The van der Waals surface area contributed by atoms with Gasteiger partial charge in [0, 0.05) is 6.61 Å². The SMILES string of the molecule is CCCCCCCOCc1nnc(NN)s1. The van der Waals surface area contributed by atoms with Crippen LogP contribution < -0.4 is 11.3 Å². The number of rotatable bonds is 9. The van der Waals surface area contributed by atoms with Crippen LogP contribution in [0.1, 0.15) is 44.0 Å². The van der Waals surface area contributed by atoms with Crippen molar-refractivity contribution in [2.24, 2.45) is 5.84 Å². The van der Waals surface area contributed by atoms with E-state index in [0.717, 1.165) is 18.0 Å². The van der Waals surface area contributed by atoms with E-state index in [9.17, 15) is 0 Å². The number of unbranched alkanes of at least 4 members (excludes halogenated alkanes) is 4. The lowest BCUT2D eigenvalue weighted by Crippen LogP contribution is -2.05. The van der Waals surface area contributed by atoms with Crippen LogP contribution in [0.5, 0.6) is 0 Å². The number of anilines is 1. The fourth-order valence-corrected chi connectivity index (χ4v) is 1.93.